The van der Waals surface area contributed by atoms with E-state index in [2.05, 4.69) is 9.72 Å². The summed E-state index contributed by atoms with van der Waals surface area (Å²) in [6, 6.07) is -0.181. The van der Waals surface area contributed by atoms with Crippen LogP contribution in [0.15, 0.2) is 16.9 Å². The highest BCUT2D eigenvalue weighted by atomic mass is 35.5. The summed E-state index contributed by atoms with van der Waals surface area (Å²) in [5.41, 5.74) is -6.18. The summed E-state index contributed by atoms with van der Waals surface area (Å²) in [4.78, 5) is 27.1. The minimum Gasteiger partial charge on any atom is -0.468 e. The van der Waals surface area contributed by atoms with Gasteiger partial charge in [0, 0.05) is 0 Å². The average Bonchev–Trinajstić information content (AvgIpc) is 2.62. The van der Waals surface area contributed by atoms with Gasteiger partial charge in [0.15, 0.2) is 5.69 Å². The molecule has 0 atom stereocenters. The number of carbonyl (C=O) groups is 1. The van der Waals surface area contributed by atoms with Crippen molar-refractivity contribution in [2.24, 2.45) is 0 Å². The molecule has 0 saturated carbocycles. The summed E-state index contributed by atoms with van der Waals surface area (Å²) < 4.78 is 103. The summed E-state index contributed by atoms with van der Waals surface area (Å²) in [5.74, 6) is -10.9. The molecule has 1 aromatic carbocycles. The zero-order chi connectivity index (χ0) is 23.9. The number of carbonyl (C=O) groups excluding carboxylic acids is 1. The molecule has 170 valence electrons. The molecule has 1 heterocycles. The van der Waals surface area contributed by atoms with Gasteiger partial charge in [-0.05, 0) is 26.0 Å². The van der Waals surface area contributed by atoms with Gasteiger partial charge in [0.05, 0.1) is 29.5 Å². The van der Waals surface area contributed by atoms with Crippen LogP contribution in [0.4, 0.5) is 30.7 Å². The molecule has 0 aliphatic rings. The quantitative estimate of drug-likeness (QED) is 0.473. The van der Waals surface area contributed by atoms with E-state index in [1.807, 2.05) is 0 Å². The third kappa shape index (κ3) is 4.45. The van der Waals surface area contributed by atoms with Crippen LogP contribution in [0.2, 0.25) is 5.02 Å². The lowest BCUT2D eigenvalue weighted by molar-refractivity contribution is -0.292. The summed E-state index contributed by atoms with van der Waals surface area (Å²) in [6.07, 6.45) is -6.93. The highest BCUT2D eigenvalue weighted by Crippen LogP contribution is 2.44. The lowest BCUT2D eigenvalue weighted by Crippen LogP contribution is -2.39. The van der Waals surface area contributed by atoms with E-state index in [0.29, 0.717) is 19.2 Å². The lowest BCUT2D eigenvalue weighted by atomic mass is 10.1. The molecule has 0 amide bonds. The molecular formula is C17H12ClF7N2O4. The first kappa shape index (κ1) is 24.4. The van der Waals surface area contributed by atoms with Crippen LogP contribution >= 0.6 is 11.6 Å². The van der Waals surface area contributed by atoms with Gasteiger partial charge < -0.3 is 9.47 Å². The maximum atomic E-state index is 14.5. The summed E-state index contributed by atoms with van der Waals surface area (Å²) in [7, 11) is 0.702. The average molecular weight is 477 g/mol. The predicted octanol–water partition coefficient (Wildman–Crippen LogP) is 4.39. The molecule has 14 heteroatoms. The Morgan fingerprint density at radius 2 is 1.74 bits per heavy atom. The maximum Gasteiger partial charge on any atom is 0.459 e. The second-order valence-electron chi connectivity index (χ2n) is 6.21. The summed E-state index contributed by atoms with van der Waals surface area (Å²) >= 11 is 5.77. The van der Waals surface area contributed by atoms with Crippen molar-refractivity contribution in [3.63, 3.8) is 0 Å². The summed E-state index contributed by atoms with van der Waals surface area (Å²) in [6.45, 7) is 2.95. The molecule has 2 aromatic rings. The van der Waals surface area contributed by atoms with E-state index < -0.39 is 69.3 Å². The van der Waals surface area contributed by atoms with E-state index in [9.17, 15) is 40.3 Å². The zero-order valence-electron chi connectivity index (χ0n) is 15.8. The lowest BCUT2D eigenvalue weighted by Gasteiger charge is -2.21. The molecule has 6 nitrogen and oxygen atoms in total. The van der Waals surface area contributed by atoms with Crippen LogP contribution < -0.4 is 10.3 Å². The van der Waals surface area contributed by atoms with Gasteiger partial charge in [-0.25, -0.2) is 13.8 Å². The first-order valence-corrected chi connectivity index (χ1v) is 8.53. The monoisotopic (exact) mass is 476 g/mol. The fourth-order valence-corrected chi connectivity index (χ4v) is 2.54. The first-order valence-electron chi connectivity index (χ1n) is 8.15. The van der Waals surface area contributed by atoms with Gasteiger partial charge in [-0.1, -0.05) is 11.6 Å². The fourth-order valence-electron chi connectivity index (χ4n) is 2.32. The second kappa shape index (κ2) is 8.36. The van der Waals surface area contributed by atoms with Gasteiger partial charge in [-0.2, -0.15) is 31.3 Å². The molecule has 31 heavy (non-hydrogen) atoms. The minimum atomic E-state index is -6.29. The molecule has 0 spiro atoms. The molecule has 0 aliphatic heterocycles. The van der Waals surface area contributed by atoms with E-state index in [-0.39, 0.29) is 4.57 Å². The van der Waals surface area contributed by atoms with Crippen LogP contribution in [-0.2, 0) is 10.7 Å². The van der Waals surface area contributed by atoms with Gasteiger partial charge in [0.1, 0.15) is 5.82 Å². The van der Waals surface area contributed by atoms with Crippen LogP contribution in [0.5, 0.6) is 6.01 Å². The number of methoxy groups -OCH3 is 1. The molecule has 0 bridgehead atoms. The Bertz CT molecular complexity index is 1080. The van der Waals surface area contributed by atoms with Crippen molar-refractivity contribution in [2.75, 3.05) is 7.11 Å². The second-order valence-corrected chi connectivity index (χ2v) is 6.62. The van der Waals surface area contributed by atoms with Crippen molar-refractivity contribution < 1.29 is 45.0 Å². The van der Waals surface area contributed by atoms with Crippen LogP contribution in [0.25, 0.3) is 5.69 Å². The number of esters is 1. The van der Waals surface area contributed by atoms with Crippen molar-refractivity contribution >= 4 is 17.6 Å². The van der Waals surface area contributed by atoms with Crippen molar-refractivity contribution in [1.82, 2.24) is 9.55 Å². The van der Waals surface area contributed by atoms with E-state index in [4.69, 9.17) is 16.3 Å². The van der Waals surface area contributed by atoms with Crippen molar-refractivity contribution in [1.29, 1.82) is 0 Å². The topological polar surface area (TPSA) is 70.4 Å². The van der Waals surface area contributed by atoms with Crippen LogP contribution in [0.3, 0.4) is 0 Å². The molecule has 0 unspecified atom stereocenters. The Kier molecular flexibility index (Phi) is 6.59. The molecule has 0 saturated heterocycles. The number of ether oxygens (including phenoxy) is 2. The normalized spacial score (nSPS) is 12.3. The number of halogens is 8. The third-order valence-electron chi connectivity index (χ3n) is 3.67. The van der Waals surface area contributed by atoms with Crippen molar-refractivity contribution in [2.45, 2.75) is 32.1 Å². The SMILES string of the molecule is COc1nc(C(F)(F)C(F)(F)F)c(F)c(=O)n1-c1cc(C(=O)OC(C)C)c(Cl)cc1F. The van der Waals surface area contributed by atoms with Crippen molar-refractivity contribution in [3.05, 3.63) is 50.4 Å². The molecular weight excluding hydrogens is 465 g/mol. The van der Waals surface area contributed by atoms with E-state index in [1.54, 1.807) is 0 Å². The molecule has 0 aliphatic carbocycles. The number of rotatable bonds is 5. The Morgan fingerprint density at radius 1 is 1.16 bits per heavy atom. The fraction of sp³-hybridized carbons (Fsp3) is 0.353. The Morgan fingerprint density at radius 3 is 2.23 bits per heavy atom. The maximum absolute atomic E-state index is 14.5. The predicted molar refractivity (Wildman–Crippen MR) is 91.8 cm³/mol. The Hall–Kier alpha value is -2.83. The first-order chi connectivity index (χ1) is 14.1. The highest BCUT2D eigenvalue weighted by Gasteiger charge is 2.62. The molecule has 2 rings (SSSR count). The number of aromatic nitrogens is 2. The van der Waals surface area contributed by atoms with E-state index in [1.165, 1.54) is 13.8 Å². The van der Waals surface area contributed by atoms with Crippen LogP contribution in [0, 0.1) is 11.6 Å². The van der Waals surface area contributed by atoms with Gasteiger partial charge >= 0.3 is 24.1 Å². The largest absolute Gasteiger partial charge is 0.468 e. The van der Waals surface area contributed by atoms with Crippen LogP contribution in [0.1, 0.15) is 29.9 Å². The summed E-state index contributed by atoms with van der Waals surface area (Å²) in [5, 5.41) is -0.479. The van der Waals surface area contributed by atoms with Gasteiger partial charge in [-0.15, -0.1) is 0 Å². The number of nitrogens with zero attached hydrogens (tertiary/aromatic N) is 2. The Balaban J connectivity index is 2.83. The van der Waals surface area contributed by atoms with Gasteiger partial charge in [0.2, 0.25) is 5.82 Å². The molecule has 0 radical (unpaired) electrons. The Labute approximate surface area is 174 Å². The number of hydrogen-bond donors (Lipinski definition) is 0. The number of hydrogen-bond acceptors (Lipinski definition) is 5. The zero-order valence-corrected chi connectivity index (χ0v) is 16.5. The standard InChI is InChI=1S/C17H12ClF7N2O4/c1-6(2)31-14(29)7-4-10(9(19)5-8(7)18)27-13(28)11(20)12(26-15(27)30-3)16(21,22)17(23,24)25/h4-6H,1-3H3. The van der Waals surface area contributed by atoms with E-state index in [0.717, 1.165) is 0 Å². The number of alkyl halides is 5. The third-order valence-corrected chi connectivity index (χ3v) is 3.99. The molecule has 0 N–H and O–H groups in total. The smallest absolute Gasteiger partial charge is 0.459 e. The minimum absolute atomic E-state index is 0.0664. The van der Waals surface area contributed by atoms with Crippen LogP contribution in [-0.4, -0.2) is 34.9 Å². The molecule has 0 fully saturated rings. The number of benzene rings is 1. The molecule has 1 aromatic heterocycles. The van der Waals surface area contributed by atoms with E-state index >= 15 is 0 Å². The van der Waals surface area contributed by atoms with Crippen molar-refractivity contribution in [3.8, 4) is 11.7 Å². The van der Waals surface area contributed by atoms with Gasteiger partial charge in [-0.3, -0.25) is 4.79 Å². The van der Waals surface area contributed by atoms with Gasteiger partial charge in [0.25, 0.3) is 5.56 Å². The highest BCUT2D eigenvalue weighted by molar-refractivity contribution is 6.33.